The molecular weight excluding hydrogens is 245 g/mol. The van der Waals surface area contributed by atoms with Crippen molar-refractivity contribution in [1.82, 2.24) is 9.78 Å². The highest BCUT2D eigenvalue weighted by atomic mass is 19.1. The summed E-state index contributed by atoms with van der Waals surface area (Å²) in [6, 6.07) is 4.64. The number of aryl methyl sites for hydroxylation is 1. The summed E-state index contributed by atoms with van der Waals surface area (Å²) in [5, 5.41) is 4.54. The number of hydrogen-bond acceptors (Lipinski definition) is 3. The predicted octanol–water partition coefficient (Wildman–Crippen LogP) is 2.41. The molecule has 0 bridgehead atoms. The molecule has 0 aliphatic carbocycles. The number of ether oxygens (including phenoxy) is 1. The molecule has 1 unspecified atom stereocenters. The normalized spacial score (nSPS) is 18.9. The van der Waals surface area contributed by atoms with Crippen LogP contribution in [0.3, 0.4) is 0 Å². The third-order valence-corrected chi connectivity index (χ3v) is 3.49. The summed E-state index contributed by atoms with van der Waals surface area (Å²) in [4.78, 5) is 0. The molecule has 0 spiro atoms. The van der Waals surface area contributed by atoms with Gasteiger partial charge in [0.05, 0.1) is 29.9 Å². The van der Waals surface area contributed by atoms with E-state index in [-0.39, 0.29) is 11.7 Å². The minimum absolute atomic E-state index is 0.245. The molecule has 3 rings (SSSR count). The van der Waals surface area contributed by atoms with Gasteiger partial charge in [0.15, 0.2) is 0 Å². The van der Waals surface area contributed by atoms with Gasteiger partial charge in [-0.15, -0.1) is 0 Å². The zero-order valence-corrected chi connectivity index (χ0v) is 10.8. The molecule has 0 amide bonds. The van der Waals surface area contributed by atoms with E-state index in [4.69, 9.17) is 10.5 Å². The van der Waals surface area contributed by atoms with E-state index in [0.29, 0.717) is 12.3 Å². The highest BCUT2D eigenvalue weighted by molar-refractivity contribution is 5.48. The molecule has 0 radical (unpaired) electrons. The Labute approximate surface area is 111 Å². The van der Waals surface area contributed by atoms with Crippen LogP contribution >= 0.6 is 0 Å². The highest BCUT2D eigenvalue weighted by Crippen LogP contribution is 2.29. The topological polar surface area (TPSA) is 53.1 Å². The van der Waals surface area contributed by atoms with E-state index in [1.54, 1.807) is 16.9 Å². The van der Waals surface area contributed by atoms with Crippen LogP contribution in [0.15, 0.2) is 24.4 Å². The van der Waals surface area contributed by atoms with Crippen LogP contribution in [0.4, 0.5) is 10.1 Å². The Kier molecular flexibility index (Phi) is 2.98. The van der Waals surface area contributed by atoms with E-state index in [9.17, 15) is 4.39 Å². The molecule has 1 fully saturated rings. The van der Waals surface area contributed by atoms with Crippen LogP contribution in [0.5, 0.6) is 0 Å². The first-order valence-corrected chi connectivity index (χ1v) is 6.34. The maximum Gasteiger partial charge on any atom is 0.123 e. The van der Waals surface area contributed by atoms with Crippen molar-refractivity contribution in [3.8, 4) is 5.69 Å². The van der Waals surface area contributed by atoms with Crippen molar-refractivity contribution in [2.75, 3.05) is 18.9 Å². The number of nitrogen functional groups attached to an aromatic ring is 1. The largest absolute Gasteiger partial charge is 0.396 e. The van der Waals surface area contributed by atoms with Crippen LogP contribution in [0.1, 0.15) is 23.6 Å². The Balaban J connectivity index is 1.99. The van der Waals surface area contributed by atoms with Crippen molar-refractivity contribution in [2.24, 2.45) is 0 Å². The van der Waals surface area contributed by atoms with E-state index in [1.807, 2.05) is 6.92 Å². The molecule has 1 atom stereocenters. The van der Waals surface area contributed by atoms with Gasteiger partial charge in [-0.25, -0.2) is 9.07 Å². The summed E-state index contributed by atoms with van der Waals surface area (Å²) in [6.45, 7) is 3.28. The van der Waals surface area contributed by atoms with Crippen LogP contribution in [-0.2, 0) is 4.74 Å². The fourth-order valence-electron chi connectivity index (χ4n) is 2.47. The minimum atomic E-state index is -0.245. The lowest BCUT2D eigenvalue weighted by Gasteiger charge is -2.06. The van der Waals surface area contributed by atoms with Crippen LogP contribution < -0.4 is 5.73 Å². The smallest absolute Gasteiger partial charge is 0.123 e. The monoisotopic (exact) mass is 261 g/mol. The second kappa shape index (κ2) is 4.66. The van der Waals surface area contributed by atoms with E-state index < -0.39 is 0 Å². The van der Waals surface area contributed by atoms with E-state index in [2.05, 4.69) is 5.10 Å². The number of benzene rings is 1. The summed E-state index contributed by atoms with van der Waals surface area (Å²) in [7, 11) is 0. The zero-order chi connectivity index (χ0) is 13.4. The zero-order valence-electron chi connectivity index (χ0n) is 10.8. The van der Waals surface area contributed by atoms with Gasteiger partial charge < -0.3 is 10.5 Å². The second-order valence-corrected chi connectivity index (χ2v) is 4.91. The molecule has 2 aromatic rings. The average molecular weight is 261 g/mol. The molecule has 2 heterocycles. The first-order valence-electron chi connectivity index (χ1n) is 6.34. The molecule has 5 heteroatoms. The lowest BCUT2D eigenvalue weighted by molar-refractivity contribution is 0.193. The van der Waals surface area contributed by atoms with Gasteiger partial charge >= 0.3 is 0 Å². The second-order valence-electron chi connectivity index (χ2n) is 4.91. The molecule has 1 saturated heterocycles. The van der Waals surface area contributed by atoms with Crippen molar-refractivity contribution in [2.45, 2.75) is 19.3 Å². The van der Waals surface area contributed by atoms with Gasteiger partial charge in [-0.2, -0.15) is 5.10 Å². The third kappa shape index (κ3) is 2.21. The predicted molar refractivity (Wildman–Crippen MR) is 70.8 cm³/mol. The van der Waals surface area contributed by atoms with Crippen LogP contribution in [-0.4, -0.2) is 23.0 Å². The van der Waals surface area contributed by atoms with Crippen molar-refractivity contribution in [3.05, 3.63) is 41.5 Å². The van der Waals surface area contributed by atoms with Gasteiger partial charge in [0, 0.05) is 12.5 Å². The number of rotatable bonds is 2. The van der Waals surface area contributed by atoms with Crippen molar-refractivity contribution in [1.29, 1.82) is 0 Å². The van der Waals surface area contributed by atoms with Gasteiger partial charge in [-0.3, -0.25) is 0 Å². The summed E-state index contributed by atoms with van der Waals surface area (Å²) in [5.41, 5.74) is 9.24. The molecule has 100 valence electrons. The number of aromatic nitrogens is 2. The van der Waals surface area contributed by atoms with E-state index >= 15 is 0 Å². The van der Waals surface area contributed by atoms with E-state index in [0.717, 1.165) is 30.0 Å². The van der Waals surface area contributed by atoms with Crippen molar-refractivity contribution < 1.29 is 9.13 Å². The highest BCUT2D eigenvalue weighted by Gasteiger charge is 2.23. The molecule has 2 N–H and O–H groups in total. The quantitative estimate of drug-likeness (QED) is 0.903. The Morgan fingerprint density at radius 2 is 2.32 bits per heavy atom. The maximum absolute atomic E-state index is 13.1. The first-order chi connectivity index (χ1) is 9.15. The molecule has 1 aromatic heterocycles. The SMILES string of the molecule is Cc1cc(F)ccc1-n1cc(N)c(C2CCOC2)n1. The molecule has 1 aliphatic rings. The van der Waals surface area contributed by atoms with Gasteiger partial charge in [-0.05, 0) is 37.1 Å². The summed E-state index contributed by atoms with van der Waals surface area (Å²) in [6.07, 6.45) is 2.73. The summed E-state index contributed by atoms with van der Waals surface area (Å²) >= 11 is 0. The van der Waals surface area contributed by atoms with E-state index in [1.165, 1.54) is 12.1 Å². The molecule has 0 saturated carbocycles. The Hall–Kier alpha value is -1.88. The van der Waals surface area contributed by atoms with Crippen molar-refractivity contribution >= 4 is 5.69 Å². The fraction of sp³-hybridized carbons (Fsp3) is 0.357. The van der Waals surface area contributed by atoms with Crippen molar-refractivity contribution in [3.63, 3.8) is 0 Å². The third-order valence-electron chi connectivity index (χ3n) is 3.49. The van der Waals surface area contributed by atoms with Gasteiger partial charge in [0.1, 0.15) is 5.82 Å². The Morgan fingerprint density at radius 1 is 1.47 bits per heavy atom. The first kappa shape index (κ1) is 12.2. The Bertz CT molecular complexity index is 603. The van der Waals surface area contributed by atoms with Crippen LogP contribution in [0.2, 0.25) is 0 Å². The summed E-state index contributed by atoms with van der Waals surface area (Å²) in [5.74, 6) is 0.0211. The molecule has 1 aromatic carbocycles. The lowest BCUT2D eigenvalue weighted by atomic mass is 10.0. The van der Waals surface area contributed by atoms with Gasteiger partial charge in [0.2, 0.25) is 0 Å². The van der Waals surface area contributed by atoms with Crippen LogP contribution in [0, 0.1) is 12.7 Å². The summed E-state index contributed by atoms with van der Waals surface area (Å²) < 4.78 is 20.2. The Morgan fingerprint density at radius 3 is 3.00 bits per heavy atom. The average Bonchev–Trinajstić information content (AvgIpc) is 2.98. The number of anilines is 1. The minimum Gasteiger partial charge on any atom is -0.396 e. The fourth-order valence-corrected chi connectivity index (χ4v) is 2.47. The standard InChI is InChI=1S/C14H16FN3O/c1-9-6-11(15)2-3-13(9)18-7-12(16)14(17-18)10-4-5-19-8-10/h2-3,6-7,10H,4-5,8,16H2,1H3. The molecule has 4 nitrogen and oxygen atoms in total. The maximum atomic E-state index is 13.1. The molecular formula is C14H16FN3O. The van der Waals surface area contributed by atoms with Gasteiger partial charge in [-0.1, -0.05) is 0 Å². The van der Waals surface area contributed by atoms with Gasteiger partial charge in [0.25, 0.3) is 0 Å². The number of nitrogens with two attached hydrogens (primary N) is 1. The van der Waals surface area contributed by atoms with Crippen LogP contribution in [0.25, 0.3) is 5.69 Å². The molecule has 1 aliphatic heterocycles. The number of nitrogens with zero attached hydrogens (tertiary/aromatic N) is 2. The lowest BCUT2D eigenvalue weighted by Crippen LogP contribution is -2.03. The number of hydrogen-bond donors (Lipinski definition) is 1. The molecule has 19 heavy (non-hydrogen) atoms. The number of halogens is 1.